The number of unbranched alkanes of at least 4 members (excludes halogenated alkanes) is 28. The van der Waals surface area contributed by atoms with Crippen LogP contribution in [-0.2, 0) is 18.4 Å². The molecule has 0 bridgehead atoms. The van der Waals surface area contributed by atoms with E-state index in [1.807, 2.05) is 0 Å². The fourth-order valence-electron chi connectivity index (χ4n) is 9.19. The number of rotatable bonds is 37. The van der Waals surface area contributed by atoms with E-state index in [2.05, 4.69) is 98.4 Å². The second-order valence-corrected chi connectivity index (χ2v) is 17.7. The number of benzene rings is 2. The van der Waals surface area contributed by atoms with Gasteiger partial charge in [-0.15, -0.1) is 0 Å². The maximum atomic E-state index is 5.19. The third kappa shape index (κ3) is 20.6. The van der Waals surface area contributed by atoms with Gasteiger partial charge in [0.2, 0.25) is 0 Å². The average Bonchev–Trinajstić information content (AvgIpc) is 3.67. The van der Waals surface area contributed by atoms with Gasteiger partial charge in [-0.05, 0) is 30.4 Å². The van der Waals surface area contributed by atoms with Crippen molar-refractivity contribution in [2.45, 2.75) is 244 Å². The first-order chi connectivity index (χ1) is 27.2. The van der Waals surface area contributed by atoms with Crippen LogP contribution in [0.2, 0.25) is 0 Å². The first-order valence-corrected chi connectivity index (χ1v) is 24.3. The number of imidazole rings is 1. The molecule has 2 atom stereocenters. The second-order valence-electron chi connectivity index (χ2n) is 17.7. The van der Waals surface area contributed by atoms with E-state index >= 15 is 0 Å². The number of hydrogen-bond donors (Lipinski definition) is 0. The van der Waals surface area contributed by atoms with Gasteiger partial charge in [0.15, 0.2) is 0 Å². The van der Waals surface area contributed by atoms with Crippen molar-refractivity contribution in [1.82, 2.24) is 9.55 Å². The average molecular weight is 753 g/mol. The third-order valence-corrected chi connectivity index (χ3v) is 12.8. The van der Waals surface area contributed by atoms with Gasteiger partial charge in [-0.1, -0.05) is 268 Å². The van der Waals surface area contributed by atoms with Gasteiger partial charge >= 0.3 is 0 Å². The lowest BCUT2D eigenvalue weighted by Gasteiger charge is -2.39. The summed E-state index contributed by atoms with van der Waals surface area (Å²) in [5, 5.41) is 0. The Morgan fingerprint density at radius 2 is 0.855 bits per heavy atom. The molecule has 0 aliphatic carbocycles. The summed E-state index contributed by atoms with van der Waals surface area (Å²) in [4.78, 5) is 5.19. The maximum absolute atomic E-state index is 5.19. The van der Waals surface area contributed by atoms with Crippen molar-refractivity contribution in [2.75, 3.05) is 0 Å². The topological polar surface area (TPSA) is 17.8 Å². The van der Waals surface area contributed by atoms with Crippen LogP contribution < -0.4 is 0 Å². The molecule has 0 spiro atoms. The molecule has 1 heterocycles. The minimum Gasteiger partial charge on any atom is -0.335 e. The summed E-state index contributed by atoms with van der Waals surface area (Å²) >= 11 is 0. The van der Waals surface area contributed by atoms with Crippen molar-refractivity contribution in [3.63, 3.8) is 0 Å². The van der Waals surface area contributed by atoms with Crippen LogP contribution >= 0.6 is 0 Å². The maximum Gasteiger partial charge on any atom is 0.112 e. The van der Waals surface area contributed by atoms with Gasteiger partial charge in [0.25, 0.3) is 0 Å². The van der Waals surface area contributed by atoms with Crippen LogP contribution in [0, 0.1) is 0 Å². The lowest BCUT2D eigenvalue weighted by atomic mass is 9.66. The number of nitrogens with zero attached hydrogens (tertiary/aromatic N) is 2. The van der Waals surface area contributed by atoms with Gasteiger partial charge in [-0.3, -0.25) is 0 Å². The Kier molecular flexibility index (Phi) is 27.1. The minimum atomic E-state index is -0.0310. The molecule has 0 amide bonds. The predicted molar refractivity (Wildman–Crippen MR) is 243 cm³/mol. The van der Waals surface area contributed by atoms with E-state index in [0.29, 0.717) is 5.92 Å². The molecule has 0 saturated heterocycles. The molecule has 55 heavy (non-hydrogen) atoms. The highest BCUT2D eigenvalue weighted by molar-refractivity contribution is 5.33. The lowest BCUT2D eigenvalue weighted by Crippen LogP contribution is -2.35. The van der Waals surface area contributed by atoms with Gasteiger partial charge in [-0.2, -0.15) is 0 Å². The quantitative estimate of drug-likeness (QED) is 0.0536. The molecule has 0 aliphatic heterocycles. The van der Waals surface area contributed by atoms with Crippen LogP contribution in [0.25, 0.3) is 0 Å². The molecule has 3 aromatic rings. The Balaban J connectivity index is 1.47. The van der Waals surface area contributed by atoms with E-state index in [0.717, 1.165) is 13.0 Å². The highest BCUT2D eigenvalue weighted by Gasteiger charge is 2.39. The second kappa shape index (κ2) is 31.7. The predicted octanol–water partition coefficient (Wildman–Crippen LogP) is 17.3. The van der Waals surface area contributed by atoms with Gasteiger partial charge in [-0.25, -0.2) is 4.98 Å². The fourth-order valence-corrected chi connectivity index (χ4v) is 9.19. The van der Waals surface area contributed by atoms with Crippen molar-refractivity contribution in [1.29, 1.82) is 0 Å². The third-order valence-electron chi connectivity index (χ3n) is 12.8. The zero-order chi connectivity index (χ0) is 38.9. The summed E-state index contributed by atoms with van der Waals surface area (Å²) in [6.07, 6.45) is 48.9. The number of hydrogen-bond acceptors (Lipinski definition) is 1. The SMILES string of the molecule is CCCCCCCCCCCCCCCCCCC(c1nccn1CCCCCCCCCCCCCCCC)C(C)(Cc1ccccc1)c1ccccc1. The van der Waals surface area contributed by atoms with Crippen molar-refractivity contribution in [2.24, 2.45) is 0 Å². The smallest absolute Gasteiger partial charge is 0.112 e. The van der Waals surface area contributed by atoms with Crippen LogP contribution in [0.5, 0.6) is 0 Å². The molecular formula is C53H88N2. The minimum absolute atomic E-state index is 0.0310. The number of aryl methyl sites for hydroxylation is 1. The summed E-state index contributed by atoms with van der Waals surface area (Å²) in [6, 6.07) is 22.6. The zero-order valence-electron chi connectivity index (χ0n) is 36.7. The highest BCUT2D eigenvalue weighted by atomic mass is 15.1. The van der Waals surface area contributed by atoms with E-state index in [-0.39, 0.29) is 5.41 Å². The van der Waals surface area contributed by atoms with Gasteiger partial charge in [0.05, 0.1) is 0 Å². The zero-order valence-corrected chi connectivity index (χ0v) is 36.7. The van der Waals surface area contributed by atoms with Gasteiger partial charge < -0.3 is 4.57 Å². The largest absolute Gasteiger partial charge is 0.335 e. The van der Waals surface area contributed by atoms with Crippen LogP contribution in [0.1, 0.15) is 243 Å². The molecule has 2 aromatic carbocycles. The molecule has 310 valence electrons. The Bertz CT molecular complexity index is 1250. The van der Waals surface area contributed by atoms with Crippen LogP contribution in [0.3, 0.4) is 0 Å². The number of aromatic nitrogens is 2. The Labute approximate surface area is 342 Å². The molecule has 0 saturated carbocycles. The van der Waals surface area contributed by atoms with Crippen molar-refractivity contribution in [3.8, 4) is 0 Å². The van der Waals surface area contributed by atoms with Crippen LogP contribution in [0.15, 0.2) is 73.1 Å². The lowest BCUT2D eigenvalue weighted by molar-refractivity contribution is 0.321. The van der Waals surface area contributed by atoms with Gasteiger partial charge in [0.1, 0.15) is 5.82 Å². The normalized spacial score (nSPS) is 13.3. The molecule has 1 aromatic heterocycles. The van der Waals surface area contributed by atoms with Crippen LogP contribution in [-0.4, -0.2) is 9.55 Å². The molecule has 0 N–H and O–H groups in total. The van der Waals surface area contributed by atoms with E-state index in [4.69, 9.17) is 4.98 Å². The summed E-state index contributed by atoms with van der Waals surface area (Å²) in [5.41, 5.74) is 2.85. The molecule has 2 nitrogen and oxygen atoms in total. The van der Waals surface area contributed by atoms with Gasteiger partial charge in [0, 0.05) is 30.3 Å². The Hall–Kier alpha value is -2.35. The molecule has 2 heteroatoms. The first kappa shape index (κ1) is 47.0. The molecule has 0 aliphatic rings. The molecule has 0 fully saturated rings. The summed E-state index contributed by atoms with van der Waals surface area (Å²) in [7, 11) is 0. The van der Waals surface area contributed by atoms with E-state index < -0.39 is 0 Å². The van der Waals surface area contributed by atoms with Crippen LogP contribution in [0.4, 0.5) is 0 Å². The van der Waals surface area contributed by atoms with Crippen molar-refractivity contribution in [3.05, 3.63) is 90.0 Å². The molecule has 0 radical (unpaired) electrons. The Morgan fingerprint density at radius 1 is 0.473 bits per heavy atom. The molecule has 2 unspecified atom stereocenters. The summed E-state index contributed by atoms with van der Waals surface area (Å²) in [6.45, 7) is 8.25. The monoisotopic (exact) mass is 753 g/mol. The van der Waals surface area contributed by atoms with E-state index in [1.54, 1.807) is 0 Å². The molecular weight excluding hydrogens is 665 g/mol. The molecule has 3 rings (SSSR count). The summed E-state index contributed by atoms with van der Waals surface area (Å²) in [5.74, 6) is 1.70. The standard InChI is InChI=1S/C53H88N2/c1-4-6-8-10-12-14-16-18-20-21-22-24-26-28-30-38-44-51(53(3,50-42-36-33-37-43-50)48-49-40-34-32-35-41-49)52-54-45-47-55(52)46-39-31-29-27-25-23-19-17-15-13-11-9-7-5-2/h32-37,40-43,45,47,51H,4-31,38-39,44,46,48H2,1-3H3. The van der Waals surface area contributed by atoms with Crippen molar-refractivity contribution >= 4 is 0 Å². The van der Waals surface area contributed by atoms with Crippen molar-refractivity contribution < 1.29 is 0 Å². The highest BCUT2D eigenvalue weighted by Crippen LogP contribution is 2.44. The first-order valence-electron chi connectivity index (χ1n) is 24.3. The fraction of sp³-hybridized carbons (Fsp3) is 0.717. The van der Waals surface area contributed by atoms with E-state index in [9.17, 15) is 0 Å². The summed E-state index contributed by atoms with van der Waals surface area (Å²) < 4.78 is 2.55. The Morgan fingerprint density at radius 3 is 1.29 bits per heavy atom. The van der Waals surface area contributed by atoms with E-state index in [1.165, 1.54) is 216 Å².